The molecule has 1 heterocycles. The van der Waals surface area contributed by atoms with Crippen LogP contribution in [0.15, 0.2) is 77.9 Å². The lowest BCUT2D eigenvalue weighted by molar-refractivity contribution is 0.630. The first kappa shape index (κ1) is 17.8. The van der Waals surface area contributed by atoms with E-state index in [-0.39, 0.29) is 5.82 Å². The van der Waals surface area contributed by atoms with Gasteiger partial charge in [0.15, 0.2) is 11.6 Å². The fourth-order valence-electron chi connectivity index (χ4n) is 2.92. The third-order valence-corrected chi connectivity index (χ3v) is 4.52. The first-order valence-electron chi connectivity index (χ1n) is 9.01. The van der Waals surface area contributed by atoms with E-state index in [1.54, 1.807) is 18.2 Å². The molecule has 0 saturated heterocycles. The Labute approximate surface area is 162 Å². The topological polar surface area (TPSA) is 50.2 Å². The van der Waals surface area contributed by atoms with Crippen molar-refractivity contribution in [2.75, 3.05) is 5.43 Å². The monoisotopic (exact) mass is 370 g/mol. The standard InChI is InChI=1S/C23H19FN4/c1-15-11-13-17(14-12-15)16(2)27-28-23-19-8-4-6-10-21(19)25-22(26-23)18-7-3-5-9-20(18)24/h3-14H,1-2H3,(H,25,26,28)/b27-16+. The van der Waals surface area contributed by atoms with Gasteiger partial charge in [0.2, 0.25) is 0 Å². The molecule has 0 aliphatic carbocycles. The molecule has 0 fully saturated rings. The van der Waals surface area contributed by atoms with Crippen molar-refractivity contribution in [3.63, 3.8) is 0 Å². The molecular weight excluding hydrogens is 351 g/mol. The number of aromatic nitrogens is 2. The molecule has 5 heteroatoms. The molecule has 4 nitrogen and oxygen atoms in total. The minimum atomic E-state index is -0.358. The number of benzene rings is 3. The van der Waals surface area contributed by atoms with Crippen LogP contribution in [0.3, 0.4) is 0 Å². The Hall–Kier alpha value is -3.60. The Morgan fingerprint density at radius 2 is 1.61 bits per heavy atom. The van der Waals surface area contributed by atoms with Crippen LogP contribution in [0.2, 0.25) is 0 Å². The van der Waals surface area contributed by atoms with E-state index < -0.39 is 0 Å². The van der Waals surface area contributed by atoms with Gasteiger partial charge in [-0.2, -0.15) is 5.10 Å². The smallest absolute Gasteiger partial charge is 0.165 e. The fourth-order valence-corrected chi connectivity index (χ4v) is 2.92. The van der Waals surface area contributed by atoms with Gasteiger partial charge in [0.05, 0.1) is 16.8 Å². The van der Waals surface area contributed by atoms with Gasteiger partial charge in [0.25, 0.3) is 0 Å². The Bertz CT molecular complexity index is 1170. The maximum absolute atomic E-state index is 14.2. The second kappa shape index (κ2) is 7.56. The third kappa shape index (κ3) is 3.60. The Kier molecular flexibility index (Phi) is 4.81. The molecule has 0 amide bonds. The largest absolute Gasteiger partial charge is 0.260 e. The zero-order valence-corrected chi connectivity index (χ0v) is 15.6. The average molecular weight is 370 g/mol. The molecule has 0 unspecified atom stereocenters. The van der Waals surface area contributed by atoms with Crippen LogP contribution in [0.25, 0.3) is 22.3 Å². The number of nitrogens with one attached hydrogen (secondary N) is 1. The van der Waals surface area contributed by atoms with Crippen molar-refractivity contribution in [3.8, 4) is 11.4 Å². The first-order valence-corrected chi connectivity index (χ1v) is 9.01. The Morgan fingerprint density at radius 1 is 0.893 bits per heavy atom. The van der Waals surface area contributed by atoms with Gasteiger partial charge in [0, 0.05) is 5.39 Å². The third-order valence-electron chi connectivity index (χ3n) is 4.52. The number of fused-ring (bicyclic) bond motifs is 1. The van der Waals surface area contributed by atoms with Crippen molar-refractivity contribution >= 4 is 22.4 Å². The summed E-state index contributed by atoms with van der Waals surface area (Å²) in [6.45, 7) is 3.98. The molecule has 0 bridgehead atoms. The number of halogens is 1. The van der Waals surface area contributed by atoms with E-state index in [0.29, 0.717) is 17.2 Å². The highest BCUT2D eigenvalue weighted by Gasteiger charge is 2.12. The van der Waals surface area contributed by atoms with E-state index in [2.05, 4.69) is 20.5 Å². The lowest BCUT2D eigenvalue weighted by atomic mass is 10.1. The maximum Gasteiger partial charge on any atom is 0.165 e. The van der Waals surface area contributed by atoms with Crippen LogP contribution in [0.5, 0.6) is 0 Å². The number of hydrazone groups is 1. The first-order chi connectivity index (χ1) is 13.6. The summed E-state index contributed by atoms with van der Waals surface area (Å²) in [4.78, 5) is 9.06. The summed E-state index contributed by atoms with van der Waals surface area (Å²) >= 11 is 0. The van der Waals surface area contributed by atoms with Crippen LogP contribution < -0.4 is 5.43 Å². The molecule has 4 rings (SSSR count). The summed E-state index contributed by atoms with van der Waals surface area (Å²) in [7, 11) is 0. The van der Waals surface area contributed by atoms with Crippen molar-refractivity contribution in [1.82, 2.24) is 9.97 Å². The number of para-hydroxylation sites is 1. The minimum absolute atomic E-state index is 0.322. The lowest BCUT2D eigenvalue weighted by Gasteiger charge is -2.09. The molecule has 0 aliphatic heterocycles. The molecular formula is C23H19FN4. The van der Waals surface area contributed by atoms with Gasteiger partial charge in [-0.3, -0.25) is 5.43 Å². The molecule has 1 aromatic heterocycles. The molecule has 4 aromatic rings. The number of anilines is 1. The predicted molar refractivity (Wildman–Crippen MR) is 112 cm³/mol. The zero-order valence-electron chi connectivity index (χ0n) is 15.6. The molecule has 0 radical (unpaired) electrons. The molecule has 138 valence electrons. The number of nitrogens with zero attached hydrogens (tertiary/aromatic N) is 3. The van der Waals surface area contributed by atoms with Gasteiger partial charge in [-0.15, -0.1) is 0 Å². The van der Waals surface area contributed by atoms with Crippen LogP contribution in [-0.4, -0.2) is 15.7 Å². The Balaban J connectivity index is 1.76. The molecule has 3 aromatic carbocycles. The number of hydrogen-bond acceptors (Lipinski definition) is 4. The molecule has 0 aliphatic rings. The quantitative estimate of drug-likeness (QED) is 0.377. The second-order valence-electron chi connectivity index (χ2n) is 6.57. The lowest BCUT2D eigenvalue weighted by Crippen LogP contribution is -2.03. The summed E-state index contributed by atoms with van der Waals surface area (Å²) in [5.74, 6) is 0.501. The number of rotatable bonds is 4. The van der Waals surface area contributed by atoms with E-state index in [9.17, 15) is 4.39 Å². The predicted octanol–water partition coefficient (Wildman–Crippen LogP) is 5.58. The van der Waals surface area contributed by atoms with E-state index >= 15 is 0 Å². The number of hydrogen-bond donors (Lipinski definition) is 1. The summed E-state index contributed by atoms with van der Waals surface area (Å²) in [6.07, 6.45) is 0. The molecule has 0 atom stereocenters. The van der Waals surface area contributed by atoms with E-state index in [1.165, 1.54) is 11.6 Å². The highest BCUT2D eigenvalue weighted by atomic mass is 19.1. The molecule has 0 saturated carbocycles. The van der Waals surface area contributed by atoms with Gasteiger partial charge < -0.3 is 0 Å². The van der Waals surface area contributed by atoms with Crippen LogP contribution in [-0.2, 0) is 0 Å². The van der Waals surface area contributed by atoms with Gasteiger partial charge in [-0.25, -0.2) is 14.4 Å². The fraction of sp³-hybridized carbons (Fsp3) is 0.0870. The van der Waals surface area contributed by atoms with Crippen LogP contribution in [0.1, 0.15) is 18.1 Å². The van der Waals surface area contributed by atoms with Crippen LogP contribution >= 0.6 is 0 Å². The van der Waals surface area contributed by atoms with E-state index in [0.717, 1.165) is 22.2 Å². The summed E-state index contributed by atoms with van der Waals surface area (Å²) in [5, 5.41) is 5.31. The highest BCUT2D eigenvalue weighted by molar-refractivity contribution is 5.99. The van der Waals surface area contributed by atoms with Gasteiger partial charge in [-0.1, -0.05) is 54.1 Å². The highest BCUT2D eigenvalue weighted by Crippen LogP contribution is 2.26. The second-order valence-corrected chi connectivity index (χ2v) is 6.57. The average Bonchev–Trinajstić information content (AvgIpc) is 2.72. The van der Waals surface area contributed by atoms with Crippen LogP contribution in [0, 0.1) is 12.7 Å². The summed E-state index contributed by atoms with van der Waals surface area (Å²) in [5.41, 5.74) is 7.17. The van der Waals surface area contributed by atoms with Gasteiger partial charge in [-0.05, 0) is 43.7 Å². The minimum Gasteiger partial charge on any atom is -0.260 e. The van der Waals surface area contributed by atoms with Crippen molar-refractivity contribution in [1.29, 1.82) is 0 Å². The molecule has 28 heavy (non-hydrogen) atoms. The normalized spacial score (nSPS) is 11.6. The van der Waals surface area contributed by atoms with E-state index in [4.69, 9.17) is 0 Å². The Morgan fingerprint density at radius 3 is 2.39 bits per heavy atom. The zero-order chi connectivity index (χ0) is 19.5. The SMILES string of the molecule is C/C(=N\Nc1nc(-c2ccccc2F)nc2ccccc12)c1ccc(C)cc1. The van der Waals surface area contributed by atoms with E-state index in [1.807, 2.05) is 62.4 Å². The van der Waals surface area contributed by atoms with Gasteiger partial charge in [0.1, 0.15) is 5.82 Å². The van der Waals surface area contributed by atoms with Crippen molar-refractivity contribution < 1.29 is 4.39 Å². The van der Waals surface area contributed by atoms with Crippen molar-refractivity contribution in [2.24, 2.45) is 5.10 Å². The van der Waals surface area contributed by atoms with Crippen molar-refractivity contribution in [2.45, 2.75) is 13.8 Å². The molecule has 0 spiro atoms. The van der Waals surface area contributed by atoms with Gasteiger partial charge >= 0.3 is 0 Å². The summed E-state index contributed by atoms with van der Waals surface area (Å²) < 4.78 is 14.2. The van der Waals surface area contributed by atoms with Crippen molar-refractivity contribution in [3.05, 3.63) is 89.7 Å². The maximum atomic E-state index is 14.2. The molecule has 1 N–H and O–H groups in total. The summed E-state index contributed by atoms with van der Waals surface area (Å²) in [6, 6.07) is 22.2. The van der Waals surface area contributed by atoms with Crippen LogP contribution in [0.4, 0.5) is 10.2 Å². The number of aryl methyl sites for hydroxylation is 1.